The van der Waals surface area contributed by atoms with Gasteiger partial charge in [-0.3, -0.25) is 0 Å². The van der Waals surface area contributed by atoms with Gasteiger partial charge in [0.15, 0.2) is 0 Å². The highest BCUT2D eigenvalue weighted by molar-refractivity contribution is 7.43. The Labute approximate surface area is 207 Å². The molecule has 3 rings (SSSR count). The van der Waals surface area contributed by atoms with Gasteiger partial charge in [0.2, 0.25) is 0 Å². The fourth-order valence-corrected chi connectivity index (χ4v) is 4.91. The molecule has 34 heavy (non-hydrogen) atoms. The first kappa shape index (κ1) is 26.1. The summed E-state index contributed by atoms with van der Waals surface area (Å²) in [7, 11) is -1.64. The summed E-state index contributed by atoms with van der Waals surface area (Å²) < 4.78 is 18.5. The van der Waals surface area contributed by atoms with Crippen molar-refractivity contribution in [3.8, 4) is 17.2 Å². The van der Waals surface area contributed by atoms with Gasteiger partial charge in [-0.15, -0.1) is 0 Å². The lowest BCUT2D eigenvalue weighted by Gasteiger charge is -2.19. The SMILES string of the molecule is CCCCCCCCCCCCc1ccccc1OP(Oc1ccccc1)Oc1ccccc1. The molecule has 182 valence electrons. The van der Waals surface area contributed by atoms with Gasteiger partial charge in [0.1, 0.15) is 17.2 Å². The summed E-state index contributed by atoms with van der Waals surface area (Å²) in [5.41, 5.74) is 1.21. The Balaban J connectivity index is 1.50. The number of unbranched alkanes of at least 4 members (excludes halogenated alkanes) is 9. The van der Waals surface area contributed by atoms with E-state index in [0.717, 1.165) is 23.7 Å². The van der Waals surface area contributed by atoms with Gasteiger partial charge >= 0.3 is 8.60 Å². The monoisotopic (exact) mass is 478 g/mol. The Morgan fingerprint density at radius 3 is 1.53 bits per heavy atom. The number of aryl methyl sites for hydroxylation is 1. The van der Waals surface area contributed by atoms with Gasteiger partial charge in [0.25, 0.3) is 0 Å². The topological polar surface area (TPSA) is 27.7 Å². The molecular weight excluding hydrogens is 439 g/mol. The average molecular weight is 479 g/mol. The minimum Gasteiger partial charge on any atom is -0.409 e. The summed E-state index contributed by atoms with van der Waals surface area (Å²) in [6, 6.07) is 27.7. The van der Waals surface area contributed by atoms with Crippen molar-refractivity contribution in [3.63, 3.8) is 0 Å². The molecule has 0 amide bonds. The molecule has 0 fully saturated rings. The highest BCUT2D eigenvalue weighted by atomic mass is 31.2. The van der Waals surface area contributed by atoms with Crippen LogP contribution in [0.2, 0.25) is 0 Å². The van der Waals surface area contributed by atoms with Crippen LogP contribution >= 0.6 is 8.60 Å². The summed E-state index contributed by atoms with van der Waals surface area (Å²) in [6.45, 7) is 2.27. The molecule has 0 aliphatic heterocycles. The van der Waals surface area contributed by atoms with Gasteiger partial charge < -0.3 is 13.6 Å². The van der Waals surface area contributed by atoms with Gasteiger partial charge in [-0.25, -0.2) is 0 Å². The van der Waals surface area contributed by atoms with Crippen LogP contribution in [0.25, 0.3) is 0 Å². The molecule has 0 N–H and O–H groups in total. The molecule has 0 atom stereocenters. The van der Waals surface area contributed by atoms with E-state index in [4.69, 9.17) is 13.6 Å². The van der Waals surface area contributed by atoms with E-state index in [2.05, 4.69) is 19.1 Å². The molecule has 0 spiro atoms. The van der Waals surface area contributed by atoms with Crippen molar-refractivity contribution < 1.29 is 13.6 Å². The van der Waals surface area contributed by atoms with Crippen molar-refractivity contribution in [2.75, 3.05) is 0 Å². The van der Waals surface area contributed by atoms with Crippen molar-refractivity contribution in [3.05, 3.63) is 90.5 Å². The summed E-state index contributed by atoms with van der Waals surface area (Å²) in [5, 5.41) is 0. The van der Waals surface area contributed by atoms with E-state index in [1.165, 1.54) is 69.8 Å². The molecule has 4 heteroatoms. The van der Waals surface area contributed by atoms with Crippen LogP contribution in [0.3, 0.4) is 0 Å². The normalized spacial score (nSPS) is 10.9. The standard InChI is InChI=1S/C30H39O3P/c1-2-3-4-5-6-7-8-9-10-13-20-27-21-18-19-26-30(27)33-34(31-28-22-14-11-15-23-28)32-29-24-16-12-17-25-29/h11-12,14-19,21-26H,2-10,13,20H2,1H3. The third kappa shape index (κ3) is 10.2. The Morgan fingerprint density at radius 1 is 0.500 bits per heavy atom. The molecular formula is C30H39O3P. The van der Waals surface area contributed by atoms with Gasteiger partial charge in [0.05, 0.1) is 0 Å². The van der Waals surface area contributed by atoms with Gasteiger partial charge in [0, 0.05) is 0 Å². The Bertz CT molecular complexity index is 860. The fourth-order valence-electron chi connectivity index (χ4n) is 3.87. The van der Waals surface area contributed by atoms with Gasteiger partial charge in [-0.1, -0.05) is 119 Å². The average Bonchev–Trinajstić information content (AvgIpc) is 2.87. The molecule has 3 aromatic rings. The summed E-state index contributed by atoms with van der Waals surface area (Å²) >= 11 is 0. The zero-order valence-corrected chi connectivity index (χ0v) is 21.4. The summed E-state index contributed by atoms with van der Waals surface area (Å²) in [5.74, 6) is 2.31. The van der Waals surface area contributed by atoms with E-state index in [-0.39, 0.29) is 0 Å². The second-order valence-electron chi connectivity index (χ2n) is 8.66. The largest absolute Gasteiger partial charge is 0.530 e. The third-order valence-electron chi connectivity index (χ3n) is 5.79. The number of hydrogen-bond donors (Lipinski definition) is 0. The van der Waals surface area contributed by atoms with Crippen molar-refractivity contribution in [2.45, 2.75) is 77.6 Å². The predicted molar refractivity (Wildman–Crippen MR) is 144 cm³/mol. The zero-order valence-electron chi connectivity index (χ0n) is 20.5. The molecule has 0 aromatic heterocycles. The van der Waals surface area contributed by atoms with Crippen LogP contribution in [0.5, 0.6) is 17.2 Å². The molecule has 0 aliphatic rings. The van der Waals surface area contributed by atoms with Crippen LogP contribution in [0.4, 0.5) is 0 Å². The van der Waals surface area contributed by atoms with Crippen LogP contribution in [-0.4, -0.2) is 0 Å². The highest BCUT2D eigenvalue weighted by Crippen LogP contribution is 2.43. The molecule has 0 aliphatic carbocycles. The minimum absolute atomic E-state index is 0.733. The molecule has 0 heterocycles. The van der Waals surface area contributed by atoms with E-state index in [1.807, 2.05) is 72.8 Å². The maximum Gasteiger partial charge on any atom is 0.530 e. The molecule has 0 radical (unpaired) electrons. The van der Waals surface area contributed by atoms with Gasteiger partial charge in [-0.05, 0) is 48.7 Å². The molecule has 3 aromatic carbocycles. The molecule has 0 bridgehead atoms. The second kappa shape index (κ2) is 16.2. The van der Waals surface area contributed by atoms with E-state index in [0.29, 0.717) is 0 Å². The van der Waals surface area contributed by atoms with Crippen LogP contribution in [0, 0.1) is 0 Å². The molecule has 0 saturated heterocycles. The number of rotatable bonds is 17. The van der Waals surface area contributed by atoms with Crippen LogP contribution in [-0.2, 0) is 6.42 Å². The van der Waals surface area contributed by atoms with Crippen LogP contribution in [0.1, 0.15) is 76.7 Å². The first-order valence-corrected chi connectivity index (χ1v) is 14.0. The van der Waals surface area contributed by atoms with Crippen molar-refractivity contribution in [1.82, 2.24) is 0 Å². The van der Waals surface area contributed by atoms with Crippen LogP contribution < -0.4 is 13.6 Å². The fraction of sp³-hybridized carbons (Fsp3) is 0.400. The number of hydrogen-bond acceptors (Lipinski definition) is 3. The number of benzene rings is 3. The van der Waals surface area contributed by atoms with Crippen LogP contribution in [0.15, 0.2) is 84.9 Å². The van der Waals surface area contributed by atoms with Gasteiger partial charge in [-0.2, -0.15) is 0 Å². The smallest absolute Gasteiger partial charge is 0.409 e. The lowest BCUT2D eigenvalue weighted by atomic mass is 10.0. The lowest BCUT2D eigenvalue weighted by molar-refractivity contribution is 0.386. The quantitative estimate of drug-likeness (QED) is 0.143. The van der Waals surface area contributed by atoms with Crippen molar-refractivity contribution in [2.24, 2.45) is 0 Å². The van der Waals surface area contributed by atoms with E-state index >= 15 is 0 Å². The summed E-state index contributed by atoms with van der Waals surface area (Å²) in [6.07, 6.45) is 14.4. The predicted octanol–water partition coefficient (Wildman–Crippen LogP) is 9.91. The van der Waals surface area contributed by atoms with Crippen molar-refractivity contribution in [1.29, 1.82) is 0 Å². The summed E-state index contributed by atoms with van der Waals surface area (Å²) in [4.78, 5) is 0. The molecule has 3 nitrogen and oxygen atoms in total. The molecule has 0 unspecified atom stereocenters. The maximum absolute atomic E-state index is 6.32. The van der Waals surface area contributed by atoms with E-state index in [1.54, 1.807) is 0 Å². The maximum atomic E-state index is 6.32. The minimum atomic E-state index is -1.64. The Morgan fingerprint density at radius 2 is 0.971 bits per heavy atom. The van der Waals surface area contributed by atoms with E-state index < -0.39 is 8.60 Å². The Kier molecular flexibility index (Phi) is 12.4. The van der Waals surface area contributed by atoms with Crippen molar-refractivity contribution >= 4 is 8.60 Å². The first-order valence-electron chi connectivity index (χ1n) is 12.9. The second-order valence-corrected chi connectivity index (χ2v) is 9.66. The first-order chi connectivity index (χ1) is 16.8. The lowest BCUT2D eigenvalue weighted by Crippen LogP contribution is -2.04. The van der Waals surface area contributed by atoms with E-state index in [9.17, 15) is 0 Å². The Hall–Kier alpha value is -2.51. The zero-order chi connectivity index (χ0) is 23.7. The number of para-hydroxylation sites is 3. The third-order valence-corrected chi connectivity index (χ3v) is 6.86. The highest BCUT2D eigenvalue weighted by Gasteiger charge is 2.21. The molecule has 0 saturated carbocycles.